The number of fused-ring (bicyclic) bond motifs is 1. The Labute approximate surface area is 221 Å². The van der Waals surface area contributed by atoms with Crippen LogP contribution in [-0.2, 0) is 12.6 Å². The molecule has 1 aliphatic carbocycles. The van der Waals surface area contributed by atoms with Crippen molar-refractivity contribution in [2.24, 2.45) is 0 Å². The predicted molar refractivity (Wildman–Crippen MR) is 136 cm³/mol. The average Bonchev–Trinajstić information content (AvgIpc) is 3.53. The Morgan fingerprint density at radius 1 is 1.03 bits per heavy atom. The third-order valence-electron chi connectivity index (χ3n) is 6.72. The third-order valence-corrected chi connectivity index (χ3v) is 6.72. The molecule has 0 spiro atoms. The molecular weight excluding hydrogens is 509 g/mol. The number of benzene rings is 1. The molecule has 5 aromatic rings. The highest BCUT2D eigenvalue weighted by Gasteiger charge is 2.35. The molecule has 9 nitrogen and oxygen atoms in total. The van der Waals surface area contributed by atoms with Crippen LogP contribution in [-0.4, -0.2) is 46.2 Å². The van der Waals surface area contributed by atoms with Gasteiger partial charge in [-0.3, -0.25) is 0 Å². The molecule has 39 heavy (non-hydrogen) atoms. The smallest absolute Gasteiger partial charge is 0.434 e. The zero-order chi connectivity index (χ0) is 27.3. The molecule has 6 rings (SSSR count). The maximum atomic E-state index is 13.3. The summed E-state index contributed by atoms with van der Waals surface area (Å²) in [5.74, 6) is 2.19. The highest BCUT2D eigenvalue weighted by Crippen LogP contribution is 2.44. The molecule has 1 fully saturated rings. The number of alkyl halides is 3. The summed E-state index contributed by atoms with van der Waals surface area (Å²) in [5.41, 5.74) is 2.92. The van der Waals surface area contributed by atoms with E-state index < -0.39 is 11.9 Å². The van der Waals surface area contributed by atoms with Gasteiger partial charge in [0.05, 0.1) is 25.2 Å². The molecule has 1 aromatic carbocycles. The molecule has 4 aromatic heterocycles. The summed E-state index contributed by atoms with van der Waals surface area (Å²) in [7, 11) is 1.56. The summed E-state index contributed by atoms with van der Waals surface area (Å²) in [6.07, 6.45) is 4.01. The van der Waals surface area contributed by atoms with Crippen LogP contribution in [0.4, 0.5) is 13.2 Å². The first kappa shape index (κ1) is 25.0. The number of ether oxygens (including phenoxy) is 1. The molecule has 1 aliphatic rings. The number of hydrogen-bond donors (Lipinski definition) is 0. The minimum absolute atomic E-state index is 0.178. The summed E-state index contributed by atoms with van der Waals surface area (Å²) < 4.78 is 48.7. The second-order valence-corrected chi connectivity index (χ2v) is 9.83. The van der Waals surface area contributed by atoms with Crippen LogP contribution in [0.2, 0.25) is 0 Å². The topological polar surface area (TPSA) is 95.9 Å². The molecule has 4 heterocycles. The van der Waals surface area contributed by atoms with Crippen molar-refractivity contribution in [1.29, 1.82) is 0 Å². The van der Waals surface area contributed by atoms with Gasteiger partial charge in [0.25, 0.3) is 0 Å². The standard InChI is InChI=1S/C27H25F3N8O/c1-15(2)37-13-20(27(28,29)30)35-25(37)18-6-4-16(5-7-18)10-21-31-11-19-12-32-24(36-38(19)21)22-23(17-8-9-17)33-14-34-26(22)39-3/h4-7,11-15,17H,8-10H2,1-3H3. The Morgan fingerprint density at radius 3 is 2.44 bits per heavy atom. The molecule has 0 radical (unpaired) electrons. The lowest BCUT2D eigenvalue weighted by Crippen LogP contribution is -2.06. The molecule has 0 aliphatic heterocycles. The SMILES string of the molecule is COc1ncnc(C2CC2)c1-c1ncc2cnc(Cc3ccc(-c4nc(C(F)(F)F)cn4C(C)C)cc3)n2n1. The lowest BCUT2D eigenvalue weighted by atomic mass is 10.1. The van der Waals surface area contributed by atoms with E-state index in [1.807, 2.05) is 26.0 Å². The van der Waals surface area contributed by atoms with Crippen molar-refractivity contribution in [2.75, 3.05) is 7.11 Å². The van der Waals surface area contributed by atoms with Gasteiger partial charge < -0.3 is 9.30 Å². The normalized spacial score (nSPS) is 13.9. The minimum atomic E-state index is -4.51. The second kappa shape index (κ2) is 9.44. The van der Waals surface area contributed by atoms with Crippen molar-refractivity contribution in [3.63, 3.8) is 0 Å². The van der Waals surface area contributed by atoms with Gasteiger partial charge in [0, 0.05) is 30.1 Å². The van der Waals surface area contributed by atoms with Gasteiger partial charge >= 0.3 is 6.18 Å². The zero-order valence-electron chi connectivity index (χ0n) is 21.5. The molecule has 0 N–H and O–H groups in total. The zero-order valence-corrected chi connectivity index (χ0v) is 21.5. The lowest BCUT2D eigenvalue weighted by Gasteiger charge is -2.12. The van der Waals surface area contributed by atoms with Gasteiger partial charge in [-0.2, -0.15) is 13.2 Å². The summed E-state index contributed by atoms with van der Waals surface area (Å²) in [5, 5.41) is 4.77. The lowest BCUT2D eigenvalue weighted by molar-refractivity contribution is -0.140. The average molecular weight is 535 g/mol. The molecule has 0 bridgehead atoms. The van der Waals surface area contributed by atoms with E-state index in [0.29, 0.717) is 41.0 Å². The van der Waals surface area contributed by atoms with Crippen molar-refractivity contribution >= 4 is 5.52 Å². The van der Waals surface area contributed by atoms with Crippen LogP contribution < -0.4 is 4.74 Å². The molecule has 200 valence electrons. The fourth-order valence-corrected chi connectivity index (χ4v) is 4.59. The van der Waals surface area contributed by atoms with Gasteiger partial charge in [-0.05, 0) is 32.3 Å². The van der Waals surface area contributed by atoms with Gasteiger partial charge in [-0.1, -0.05) is 24.3 Å². The monoisotopic (exact) mass is 534 g/mol. The van der Waals surface area contributed by atoms with E-state index >= 15 is 0 Å². The minimum Gasteiger partial charge on any atom is -0.480 e. The van der Waals surface area contributed by atoms with Crippen LogP contribution in [0.15, 0.2) is 49.2 Å². The third kappa shape index (κ3) is 4.70. The van der Waals surface area contributed by atoms with Gasteiger partial charge in [0.2, 0.25) is 5.88 Å². The number of imidazole rings is 2. The van der Waals surface area contributed by atoms with Crippen molar-refractivity contribution < 1.29 is 17.9 Å². The number of rotatable bonds is 7. The molecule has 0 unspecified atom stereocenters. The van der Waals surface area contributed by atoms with Crippen molar-refractivity contribution in [3.05, 3.63) is 72.0 Å². The van der Waals surface area contributed by atoms with Crippen LogP contribution >= 0.6 is 0 Å². The molecule has 12 heteroatoms. The Balaban J connectivity index is 1.32. The molecule has 0 saturated heterocycles. The van der Waals surface area contributed by atoms with Gasteiger partial charge in [-0.25, -0.2) is 29.4 Å². The van der Waals surface area contributed by atoms with E-state index in [0.717, 1.165) is 35.8 Å². The van der Waals surface area contributed by atoms with Crippen LogP contribution in [0.25, 0.3) is 28.3 Å². The van der Waals surface area contributed by atoms with Gasteiger partial charge in [-0.15, -0.1) is 5.10 Å². The highest BCUT2D eigenvalue weighted by atomic mass is 19.4. The summed E-state index contributed by atoms with van der Waals surface area (Å²) >= 11 is 0. The van der Waals surface area contributed by atoms with Crippen LogP contribution in [0, 0.1) is 0 Å². The Morgan fingerprint density at radius 2 is 1.77 bits per heavy atom. The Hall–Kier alpha value is -4.35. The van der Waals surface area contributed by atoms with E-state index in [4.69, 9.17) is 9.84 Å². The van der Waals surface area contributed by atoms with Crippen molar-refractivity contribution in [2.45, 2.75) is 51.2 Å². The first-order valence-electron chi connectivity index (χ1n) is 12.6. The molecule has 0 atom stereocenters. The second-order valence-electron chi connectivity index (χ2n) is 9.83. The van der Waals surface area contributed by atoms with E-state index in [9.17, 15) is 13.2 Å². The van der Waals surface area contributed by atoms with E-state index in [1.54, 1.807) is 36.2 Å². The first-order valence-corrected chi connectivity index (χ1v) is 12.6. The Bertz CT molecular complexity index is 1650. The van der Waals surface area contributed by atoms with E-state index in [2.05, 4.69) is 24.9 Å². The number of nitrogens with zero attached hydrogens (tertiary/aromatic N) is 8. The van der Waals surface area contributed by atoms with E-state index in [1.165, 1.54) is 10.9 Å². The van der Waals surface area contributed by atoms with Crippen LogP contribution in [0.5, 0.6) is 5.88 Å². The molecular formula is C27H25F3N8O. The summed E-state index contributed by atoms with van der Waals surface area (Å²) in [6.45, 7) is 3.65. The van der Waals surface area contributed by atoms with Gasteiger partial charge in [0.15, 0.2) is 11.5 Å². The van der Waals surface area contributed by atoms with Crippen LogP contribution in [0.3, 0.4) is 0 Å². The predicted octanol–water partition coefficient (Wildman–Crippen LogP) is 5.52. The molecule has 1 saturated carbocycles. The number of hydrogen-bond acceptors (Lipinski definition) is 7. The maximum absolute atomic E-state index is 13.3. The number of halogens is 3. The van der Waals surface area contributed by atoms with Crippen molar-refractivity contribution in [1.82, 2.24) is 39.1 Å². The van der Waals surface area contributed by atoms with Gasteiger partial charge in [0.1, 0.15) is 29.1 Å². The van der Waals surface area contributed by atoms with E-state index in [-0.39, 0.29) is 11.9 Å². The summed E-state index contributed by atoms with van der Waals surface area (Å²) in [4.78, 5) is 21.7. The number of methoxy groups -OCH3 is 1. The fourth-order valence-electron chi connectivity index (χ4n) is 4.59. The number of aromatic nitrogens is 8. The highest BCUT2D eigenvalue weighted by molar-refractivity contribution is 5.66. The fraction of sp³-hybridized carbons (Fsp3) is 0.333. The Kier molecular flexibility index (Phi) is 6.04. The van der Waals surface area contributed by atoms with Crippen molar-refractivity contribution in [3.8, 4) is 28.7 Å². The molecule has 0 amide bonds. The quantitative estimate of drug-likeness (QED) is 0.271. The van der Waals surface area contributed by atoms with Crippen LogP contribution in [0.1, 0.15) is 61.4 Å². The summed E-state index contributed by atoms with van der Waals surface area (Å²) in [6, 6.07) is 7.11. The first-order chi connectivity index (χ1) is 18.7. The largest absolute Gasteiger partial charge is 0.480 e. The maximum Gasteiger partial charge on any atom is 0.434 e.